The summed E-state index contributed by atoms with van der Waals surface area (Å²) in [7, 11) is 1.37. The van der Waals surface area contributed by atoms with Gasteiger partial charge < -0.3 is 24.7 Å². The Hall–Kier alpha value is -5.16. The molecule has 1 saturated heterocycles. The van der Waals surface area contributed by atoms with Gasteiger partial charge in [-0.15, -0.1) is 0 Å². The summed E-state index contributed by atoms with van der Waals surface area (Å²) in [6.45, 7) is -0.391. The Balaban J connectivity index is 1.47. The number of methoxy groups -OCH3 is 1. The van der Waals surface area contributed by atoms with Gasteiger partial charge in [0, 0.05) is 10.7 Å². The molecule has 0 atom stereocenters. The summed E-state index contributed by atoms with van der Waals surface area (Å²) >= 11 is 5.88. The van der Waals surface area contributed by atoms with Gasteiger partial charge >= 0.3 is 6.03 Å². The van der Waals surface area contributed by atoms with Crippen LogP contribution in [0.2, 0.25) is 5.02 Å². The lowest BCUT2D eigenvalue weighted by molar-refractivity contribution is -0.255. The highest BCUT2D eigenvalue weighted by Crippen LogP contribution is 2.30. The highest BCUT2D eigenvalue weighted by atomic mass is 35.5. The number of ether oxygens (including phenoxy) is 2. The summed E-state index contributed by atoms with van der Waals surface area (Å²) < 4.78 is 10.9. The lowest BCUT2D eigenvalue weighted by atomic mass is 10.1. The van der Waals surface area contributed by atoms with Crippen molar-refractivity contribution >= 4 is 58.8 Å². The molecule has 12 heteroatoms. The SMILES string of the molecule is COc1cc(/C=C2/C(=O)NC(=O)N(c3ccc(Cl)cc3)C2=O)ccc1OCC(=O)Nc1ccc(C(=O)[O-])cc1. The molecule has 0 aliphatic carbocycles. The molecule has 4 rings (SSSR count). The number of halogens is 1. The number of hydrogen-bond acceptors (Lipinski definition) is 8. The number of carbonyl (C=O) groups excluding carboxylic acids is 5. The lowest BCUT2D eigenvalue weighted by Crippen LogP contribution is -2.54. The average molecular weight is 549 g/mol. The number of carboxylic acid groups (broad SMARTS) is 1. The minimum absolute atomic E-state index is 0.0271. The Kier molecular flexibility index (Phi) is 7.92. The van der Waals surface area contributed by atoms with Crippen LogP contribution in [0.25, 0.3) is 6.08 Å². The molecule has 0 bridgehead atoms. The van der Waals surface area contributed by atoms with E-state index in [4.69, 9.17) is 21.1 Å². The Morgan fingerprint density at radius 2 is 1.69 bits per heavy atom. The number of nitrogens with one attached hydrogen (secondary N) is 2. The number of rotatable bonds is 8. The Bertz CT molecular complexity index is 1500. The second-order valence-electron chi connectivity index (χ2n) is 8.05. The number of amides is 5. The van der Waals surface area contributed by atoms with Gasteiger partial charge in [0.05, 0.1) is 18.8 Å². The van der Waals surface area contributed by atoms with Crippen LogP contribution in [0.5, 0.6) is 11.5 Å². The van der Waals surface area contributed by atoms with Gasteiger partial charge in [-0.3, -0.25) is 19.7 Å². The summed E-state index contributed by atoms with van der Waals surface area (Å²) in [5.41, 5.74) is 0.671. The number of nitrogens with zero attached hydrogens (tertiary/aromatic N) is 1. The van der Waals surface area contributed by atoms with Gasteiger partial charge in [-0.1, -0.05) is 29.8 Å². The summed E-state index contributed by atoms with van der Waals surface area (Å²) in [6.07, 6.45) is 1.29. The third-order valence-corrected chi connectivity index (χ3v) is 5.70. The molecule has 1 heterocycles. The highest BCUT2D eigenvalue weighted by Gasteiger charge is 2.36. The quantitative estimate of drug-likeness (QED) is 0.321. The Morgan fingerprint density at radius 3 is 2.33 bits per heavy atom. The second kappa shape index (κ2) is 11.5. The maximum atomic E-state index is 13.0. The van der Waals surface area contributed by atoms with E-state index in [1.165, 1.54) is 79.9 Å². The van der Waals surface area contributed by atoms with Crippen LogP contribution >= 0.6 is 11.6 Å². The molecule has 0 aromatic heterocycles. The number of urea groups is 1. The first kappa shape index (κ1) is 26.9. The second-order valence-corrected chi connectivity index (χ2v) is 8.48. The van der Waals surface area contributed by atoms with Crippen LogP contribution in [0.1, 0.15) is 15.9 Å². The first-order valence-corrected chi connectivity index (χ1v) is 11.6. The zero-order valence-corrected chi connectivity index (χ0v) is 21.0. The number of barbiturate groups is 1. The molecule has 5 amide bonds. The summed E-state index contributed by atoms with van der Waals surface area (Å²) in [5, 5.41) is 15.9. The van der Waals surface area contributed by atoms with Gasteiger partial charge in [0.15, 0.2) is 18.1 Å². The first-order chi connectivity index (χ1) is 18.7. The molecule has 11 nitrogen and oxygen atoms in total. The fourth-order valence-corrected chi connectivity index (χ4v) is 3.70. The number of imide groups is 2. The lowest BCUT2D eigenvalue weighted by Gasteiger charge is -2.26. The molecule has 3 aromatic rings. The summed E-state index contributed by atoms with van der Waals surface area (Å²) in [5.74, 6) is -3.11. The molecule has 0 spiro atoms. The van der Waals surface area contributed by atoms with Crippen LogP contribution in [0.4, 0.5) is 16.2 Å². The van der Waals surface area contributed by atoms with Gasteiger partial charge in [0.1, 0.15) is 5.57 Å². The van der Waals surface area contributed by atoms with Crippen molar-refractivity contribution in [2.75, 3.05) is 23.9 Å². The maximum Gasteiger partial charge on any atom is 0.335 e. The molecule has 39 heavy (non-hydrogen) atoms. The number of benzene rings is 3. The molecule has 1 aliphatic heterocycles. The monoisotopic (exact) mass is 548 g/mol. The number of aromatic carboxylic acids is 1. The molecule has 1 fully saturated rings. The van der Waals surface area contributed by atoms with Crippen LogP contribution in [-0.2, 0) is 14.4 Å². The third-order valence-electron chi connectivity index (χ3n) is 5.45. The molecule has 0 unspecified atom stereocenters. The predicted octanol–water partition coefficient (Wildman–Crippen LogP) is 2.40. The van der Waals surface area contributed by atoms with E-state index in [1.54, 1.807) is 0 Å². The van der Waals surface area contributed by atoms with Gasteiger partial charge in [-0.25, -0.2) is 9.69 Å². The van der Waals surface area contributed by atoms with Crippen molar-refractivity contribution in [1.82, 2.24) is 5.32 Å². The summed E-state index contributed by atoms with van der Waals surface area (Å²) in [4.78, 5) is 61.8. The number of carboxylic acids is 1. The van der Waals surface area contributed by atoms with Crippen LogP contribution in [0.15, 0.2) is 72.3 Å². The molecule has 198 valence electrons. The number of carbonyl (C=O) groups is 5. The molecule has 1 aliphatic rings. The number of hydrogen-bond donors (Lipinski definition) is 2. The summed E-state index contributed by atoms with van der Waals surface area (Å²) in [6, 6.07) is 15.0. The molecular formula is C27H19ClN3O8-. The topological polar surface area (TPSA) is 154 Å². The van der Waals surface area contributed by atoms with Gasteiger partial charge in [-0.2, -0.15) is 0 Å². The van der Waals surface area contributed by atoms with Crippen LogP contribution in [-0.4, -0.2) is 43.4 Å². The van der Waals surface area contributed by atoms with E-state index in [-0.39, 0.29) is 28.3 Å². The predicted molar refractivity (Wildman–Crippen MR) is 138 cm³/mol. The minimum atomic E-state index is -1.33. The van der Waals surface area contributed by atoms with Crippen LogP contribution in [0.3, 0.4) is 0 Å². The molecule has 0 saturated carbocycles. The van der Waals surface area contributed by atoms with Gasteiger partial charge in [0.2, 0.25) is 0 Å². The third kappa shape index (κ3) is 6.22. The van der Waals surface area contributed by atoms with Gasteiger partial charge in [0.25, 0.3) is 17.7 Å². The van der Waals surface area contributed by atoms with Crippen molar-refractivity contribution in [1.29, 1.82) is 0 Å². The minimum Gasteiger partial charge on any atom is -0.545 e. The Labute approximate surface area is 226 Å². The first-order valence-electron chi connectivity index (χ1n) is 11.3. The van der Waals surface area contributed by atoms with E-state index < -0.39 is 36.3 Å². The van der Waals surface area contributed by atoms with Crippen molar-refractivity contribution in [3.05, 3.63) is 88.5 Å². The van der Waals surface area contributed by atoms with Crippen LogP contribution < -0.4 is 30.1 Å². The van der Waals surface area contributed by atoms with Crippen molar-refractivity contribution < 1.29 is 38.6 Å². The van der Waals surface area contributed by atoms with E-state index in [2.05, 4.69) is 10.6 Å². The molecule has 3 aromatic carbocycles. The smallest absolute Gasteiger partial charge is 0.335 e. The van der Waals surface area contributed by atoms with E-state index in [1.807, 2.05) is 0 Å². The van der Waals surface area contributed by atoms with E-state index >= 15 is 0 Å². The zero-order chi connectivity index (χ0) is 28.1. The molecule has 2 N–H and O–H groups in total. The van der Waals surface area contributed by atoms with Crippen LogP contribution in [0, 0.1) is 0 Å². The fourth-order valence-electron chi connectivity index (χ4n) is 3.57. The standard InChI is InChI=1S/C27H20ClN3O8/c1-38-22-13-15(2-11-21(22)39-14-23(32)29-18-7-3-16(4-8-18)26(35)36)12-20-24(33)30-27(37)31(25(20)34)19-9-5-17(28)6-10-19/h2-13H,14H2,1H3,(H,29,32)(H,35,36)(H,30,33,37)/p-1/b20-12-. The largest absolute Gasteiger partial charge is 0.545 e. The van der Waals surface area contributed by atoms with Crippen molar-refractivity contribution in [2.45, 2.75) is 0 Å². The van der Waals surface area contributed by atoms with E-state index in [0.717, 1.165) is 4.90 Å². The van der Waals surface area contributed by atoms with Crippen molar-refractivity contribution in [3.63, 3.8) is 0 Å². The molecular weight excluding hydrogens is 530 g/mol. The highest BCUT2D eigenvalue weighted by molar-refractivity contribution is 6.39. The van der Waals surface area contributed by atoms with Crippen molar-refractivity contribution in [2.24, 2.45) is 0 Å². The normalized spacial score (nSPS) is 14.2. The average Bonchev–Trinajstić information content (AvgIpc) is 2.91. The molecule has 0 radical (unpaired) electrons. The van der Waals surface area contributed by atoms with Crippen molar-refractivity contribution in [3.8, 4) is 11.5 Å². The fraction of sp³-hybridized carbons (Fsp3) is 0.0741. The Morgan fingerprint density at radius 1 is 1.00 bits per heavy atom. The van der Waals surface area contributed by atoms with E-state index in [0.29, 0.717) is 16.3 Å². The number of anilines is 2. The van der Waals surface area contributed by atoms with Gasteiger partial charge in [-0.05, 0) is 65.7 Å². The maximum absolute atomic E-state index is 13.0. The van der Waals surface area contributed by atoms with E-state index in [9.17, 15) is 29.1 Å². The zero-order valence-electron chi connectivity index (χ0n) is 20.2.